The SMILES string of the molecule is CN(CCOCc1ccc(C#N)cc1)C(=O)NCCCC(=O)O. The molecule has 0 saturated carbocycles. The lowest BCUT2D eigenvalue weighted by atomic mass is 10.2. The highest BCUT2D eigenvalue weighted by atomic mass is 16.5. The van der Waals surface area contributed by atoms with E-state index in [9.17, 15) is 9.59 Å². The maximum absolute atomic E-state index is 11.7. The first-order valence-corrected chi connectivity index (χ1v) is 7.30. The summed E-state index contributed by atoms with van der Waals surface area (Å²) >= 11 is 0. The number of urea groups is 1. The van der Waals surface area contributed by atoms with Crippen LogP contribution in [0, 0.1) is 11.3 Å². The Bertz CT molecular complexity index is 551. The summed E-state index contributed by atoms with van der Waals surface area (Å²) in [6.45, 7) is 1.57. The van der Waals surface area contributed by atoms with Crippen molar-refractivity contribution in [1.29, 1.82) is 5.26 Å². The molecule has 0 aliphatic carbocycles. The van der Waals surface area contributed by atoms with Gasteiger partial charge in [0.15, 0.2) is 0 Å². The fourth-order valence-electron chi connectivity index (χ4n) is 1.74. The third-order valence-electron chi connectivity index (χ3n) is 3.11. The summed E-state index contributed by atoms with van der Waals surface area (Å²) in [5.41, 5.74) is 1.57. The maximum Gasteiger partial charge on any atom is 0.317 e. The Morgan fingerprint density at radius 1 is 1.35 bits per heavy atom. The third-order valence-corrected chi connectivity index (χ3v) is 3.11. The van der Waals surface area contributed by atoms with Gasteiger partial charge in [0.2, 0.25) is 0 Å². The number of nitriles is 1. The van der Waals surface area contributed by atoms with Gasteiger partial charge in [-0.05, 0) is 24.1 Å². The van der Waals surface area contributed by atoms with Gasteiger partial charge in [0.05, 0.1) is 24.8 Å². The number of nitrogens with zero attached hydrogens (tertiary/aromatic N) is 2. The molecule has 2 amide bonds. The molecule has 1 rings (SSSR count). The topological polar surface area (TPSA) is 103 Å². The lowest BCUT2D eigenvalue weighted by Crippen LogP contribution is -2.39. The minimum absolute atomic E-state index is 0.0394. The standard InChI is InChI=1S/C16H21N3O4/c1-19(16(22)18-8-2-3-15(20)21)9-10-23-12-14-6-4-13(11-17)5-7-14/h4-7H,2-3,8-10,12H2,1H3,(H,18,22)(H,20,21). The Hall–Kier alpha value is -2.59. The average Bonchev–Trinajstić information content (AvgIpc) is 2.55. The van der Waals surface area contributed by atoms with Crippen LogP contribution in [0.4, 0.5) is 4.79 Å². The van der Waals surface area contributed by atoms with Gasteiger partial charge in [-0.15, -0.1) is 0 Å². The first-order chi connectivity index (χ1) is 11.0. The lowest BCUT2D eigenvalue weighted by Gasteiger charge is -2.17. The van der Waals surface area contributed by atoms with Crippen LogP contribution in [-0.4, -0.2) is 48.8 Å². The Morgan fingerprint density at radius 3 is 2.65 bits per heavy atom. The zero-order valence-corrected chi connectivity index (χ0v) is 13.1. The minimum atomic E-state index is -0.871. The summed E-state index contributed by atoms with van der Waals surface area (Å²) in [4.78, 5) is 23.5. The third kappa shape index (κ3) is 7.83. The van der Waals surface area contributed by atoms with Crippen LogP contribution in [0.3, 0.4) is 0 Å². The number of nitrogens with one attached hydrogen (secondary N) is 1. The van der Waals surface area contributed by atoms with E-state index in [4.69, 9.17) is 15.1 Å². The van der Waals surface area contributed by atoms with Gasteiger partial charge >= 0.3 is 12.0 Å². The van der Waals surface area contributed by atoms with Crippen molar-refractivity contribution in [3.63, 3.8) is 0 Å². The van der Waals surface area contributed by atoms with Gasteiger partial charge in [0.1, 0.15) is 0 Å². The Balaban J connectivity index is 2.15. The van der Waals surface area contributed by atoms with Gasteiger partial charge in [-0.1, -0.05) is 12.1 Å². The average molecular weight is 319 g/mol. The Labute approximate surface area is 135 Å². The molecule has 0 aliphatic heterocycles. The number of likely N-dealkylation sites (N-methyl/N-ethyl adjacent to an activating group) is 1. The first-order valence-electron chi connectivity index (χ1n) is 7.30. The van der Waals surface area contributed by atoms with E-state index in [1.807, 2.05) is 12.1 Å². The van der Waals surface area contributed by atoms with Gasteiger partial charge in [-0.25, -0.2) is 4.79 Å². The highest BCUT2D eigenvalue weighted by molar-refractivity contribution is 5.73. The molecule has 7 heteroatoms. The van der Waals surface area contributed by atoms with E-state index >= 15 is 0 Å². The summed E-state index contributed by atoms with van der Waals surface area (Å²) in [5, 5.41) is 19.9. The molecule has 0 aliphatic rings. The van der Waals surface area contributed by atoms with Crippen molar-refractivity contribution in [3.8, 4) is 6.07 Å². The van der Waals surface area contributed by atoms with Crippen molar-refractivity contribution < 1.29 is 19.4 Å². The summed E-state index contributed by atoms with van der Waals surface area (Å²) in [6.07, 6.45) is 0.446. The van der Waals surface area contributed by atoms with Crippen LogP contribution in [0.15, 0.2) is 24.3 Å². The first kappa shape index (κ1) is 18.5. The second-order valence-corrected chi connectivity index (χ2v) is 5.01. The zero-order chi connectivity index (χ0) is 17.1. The summed E-state index contributed by atoms with van der Waals surface area (Å²) in [6, 6.07) is 8.92. The van der Waals surface area contributed by atoms with E-state index in [1.165, 1.54) is 4.90 Å². The van der Waals surface area contributed by atoms with Crippen molar-refractivity contribution >= 4 is 12.0 Å². The van der Waals surface area contributed by atoms with E-state index in [0.29, 0.717) is 38.3 Å². The van der Waals surface area contributed by atoms with Crippen LogP contribution in [0.5, 0.6) is 0 Å². The molecule has 2 N–H and O–H groups in total. The number of carboxylic acid groups (broad SMARTS) is 1. The molecule has 1 aromatic carbocycles. The van der Waals surface area contributed by atoms with Crippen molar-refractivity contribution in [2.75, 3.05) is 26.7 Å². The molecule has 0 saturated heterocycles. The highest BCUT2D eigenvalue weighted by Crippen LogP contribution is 2.04. The maximum atomic E-state index is 11.7. The monoisotopic (exact) mass is 319 g/mol. The van der Waals surface area contributed by atoms with Crippen molar-refractivity contribution in [2.24, 2.45) is 0 Å². The molecule has 23 heavy (non-hydrogen) atoms. The van der Waals surface area contributed by atoms with Gasteiger partial charge in [0, 0.05) is 26.6 Å². The van der Waals surface area contributed by atoms with Crippen LogP contribution in [0.1, 0.15) is 24.0 Å². The van der Waals surface area contributed by atoms with Gasteiger partial charge in [-0.3, -0.25) is 4.79 Å². The fraction of sp³-hybridized carbons (Fsp3) is 0.438. The van der Waals surface area contributed by atoms with E-state index in [1.54, 1.807) is 19.2 Å². The number of carboxylic acids is 1. The predicted molar refractivity (Wildman–Crippen MR) is 83.7 cm³/mol. The normalized spacial score (nSPS) is 9.91. The largest absolute Gasteiger partial charge is 0.481 e. The molecule has 1 aromatic rings. The van der Waals surface area contributed by atoms with Gasteiger partial charge < -0.3 is 20.1 Å². The molecule has 0 radical (unpaired) electrons. The highest BCUT2D eigenvalue weighted by Gasteiger charge is 2.07. The van der Waals surface area contributed by atoms with E-state index < -0.39 is 5.97 Å². The van der Waals surface area contributed by atoms with Crippen LogP contribution in [-0.2, 0) is 16.1 Å². The molecule has 0 spiro atoms. The molecular weight excluding hydrogens is 298 g/mol. The number of rotatable bonds is 9. The van der Waals surface area contributed by atoms with Gasteiger partial charge in [0.25, 0.3) is 0 Å². The van der Waals surface area contributed by atoms with Crippen LogP contribution in [0.2, 0.25) is 0 Å². The Kier molecular flexibility index (Phi) is 8.18. The quantitative estimate of drug-likeness (QED) is 0.673. The molecule has 0 atom stereocenters. The van der Waals surface area contributed by atoms with Crippen LogP contribution in [0.25, 0.3) is 0 Å². The number of carbonyl (C=O) groups excluding carboxylic acids is 1. The summed E-state index contributed by atoms with van der Waals surface area (Å²) in [5.74, 6) is -0.871. The van der Waals surface area contributed by atoms with Gasteiger partial charge in [-0.2, -0.15) is 5.26 Å². The molecule has 0 fully saturated rings. The number of carbonyl (C=O) groups is 2. The van der Waals surface area contributed by atoms with Crippen molar-refractivity contribution in [2.45, 2.75) is 19.4 Å². The van der Waals surface area contributed by atoms with Crippen LogP contribution < -0.4 is 5.32 Å². The summed E-state index contributed by atoms with van der Waals surface area (Å²) in [7, 11) is 1.65. The number of amides is 2. The second kappa shape index (κ2) is 10.2. The molecule has 0 bridgehead atoms. The molecule has 124 valence electrons. The molecule has 0 aromatic heterocycles. The number of aliphatic carboxylic acids is 1. The van der Waals surface area contributed by atoms with Crippen molar-refractivity contribution in [1.82, 2.24) is 10.2 Å². The van der Waals surface area contributed by atoms with E-state index in [0.717, 1.165) is 5.56 Å². The lowest BCUT2D eigenvalue weighted by molar-refractivity contribution is -0.137. The minimum Gasteiger partial charge on any atom is -0.481 e. The molecular formula is C16H21N3O4. The van der Waals surface area contributed by atoms with E-state index in [-0.39, 0.29) is 12.5 Å². The van der Waals surface area contributed by atoms with E-state index in [2.05, 4.69) is 11.4 Å². The number of ether oxygens (including phenoxy) is 1. The molecule has 0 heterocycles. The zero-order valence-electron chi connectivity index (χ0n) is 13.1. The molecule has 0 unspecified atom stereocenters. The summed E-state index contributed by atoms with van der Waals surface area (Å²) < 4.78 is 5.49. The number of hydrogen-bond acceptors (Lipinski definition) is 4. The molecule has 7 nitrogen and oxygen atoms in total. The smallest absolute Gasteiger partial charge is 0.317 e. The number of benzene rings is 1. The second-order valence-electron chi connectivity index (χ2n) is 5.01. The predicted octanol–water partition coefficient (Wildman–Crippen LogP) is 1.58. The fourth-order valence-corrected chi connectivity index (χ4v) is 1.74. The number of hydrogen-bond donors (Lipinski definition) is 2. The van der Waals surface area contributed by atoms with Crippen LogP contribution >= 0.6 is 0 Å². The van der Waals surface area contributed by atoms with Crippen molar-refractivity contribution in [3.05, 3.63) is 35.4 Å². The Morgan fingerprint density at radius 2 is 2.04 bits per heavy atom.